The van der Waals surface area contributed by atoms with Gasteiger partial charge < -0.3 is 10.1 Å². The van der Waals surface area contributed by atoms with E-state index >= 15 is 0 Å². The first kappa shape index (κ1) is 10.3. The Hall–Kier alpha value is -2.24. The summed E-state index contributed by atoms with van der Waals surface area (Å²) in [4.78, 5) is 16.1. The molecule has 0 radical (unpaired) electrons. The van der Waals surface area contributed by atoms with Crippen LogP contribution in [0.15, 0.2) is 24.8 Å². The van der Waals surface area contributed by atoms with Gasteiger partial charge in [0.1, 0.15) is 18.0 Å². The average Bonchev–Trinajstić information content (AvgIpc) is 2.30. The van der Waals surface area contributed by atoms with E-state index in [9.17, 15) is 0 Å². The third-order valence-electron chi connectivity index (χ3n) is 1.92. The molecule has 0 bridgehead atoms. The lowest BCUT2D eigenvalue weighted by Gasteiger charge is -2.08. The van der Waals surface area contributed by atoms with Gasteiger partial charge in [-0.1, -0.05) is 0 Å². The molecule has 0 saturated heterocycles. The lowest BCUT2D eigenvalue weighted by molar-refractivity contribution is 0.413. The van der Waals surface area contributed by atoms with Gasteiger partial charge in [-0.3, -0.25) is 0 Å². The molecular formula is C10H11N5O. The van der Waals surface area contributed by atoms with Crippen molar-refractivity contribution < 1.29 is 4.74 Å². The van der Waals surface area contributed by atoms with Gasteiger partial charge in [0.2, 0.25) is 0 Å². The zero-order chi connectivity index (χ0) is 11.4. The molecule has 82 valence electrons. The quantitative estimate of drug-likeness (QED) is 0.836. The molecule has 0 aliphatic carbocycles. The summed E-state index contributed by atoms with van der Waals surface area (Å²) in [5.74, 6) is 2.51. The molecule has 0 aliphatic rings. The van der Waals surface area contributed by atoms with E-state index in [1.54, 1.807) is 25.6 Å². The van der Waals surface area contributed by atoms with Crippen LogP contribution in [0.1, 0.15) is 5.82 Å². The highest BCUT2D eigenvalue weighted by molar-refractivity contribution is 5.57. The fraction of sp³-hybridized carbons (Fsp3) is 0.200. The molecule has 1 N–H and O–H groups in total. The maximum Gasteiger partial charge on any atom is 0.179 e. The molecule has 2 aromatic heterocycles. The number of nitrogens with zero attached hydrogens (tertiary/aromatic N) is 4. The fourth-order valence-corrected chi connectivity index (χ4v) is 1.21. The summed E-state index contributed by atoms with van der Waals surface area (Å²) in [5.41, 5.74) is 0. The fourth-order valence-electron chi connectivity index (χ4n) is 1.21. The number of methoxy groups -OCH3 is 1. The molecule has 2 heterocycles. The van der Waals surface area contributed by atoms with Crippen LogP contribution in [0.2, 0.25) is 0 Å². The first-order valence-corrected chi connectivity index (χ1v) is 4.70. The van der Waals surface area contributed by atoms with Crippen LogP contribution < -0.4 is 10.1 Å². The molecule has 16 heavy (non-hydrogen) atoms. The van der Waals surface area contributed by atoms with Crippen LogP contribution in [0.3, 0.4) is 0 Å². The normalized spacial score (nSPS) is 9.88. The van der Waals surface area contributed by atoms with Gasteiger partial charge in [-0.15, -0.1) is 0 Å². The van der Waals surface area contributed by atoms with E-state index in [2.05, 4.69) is 25.3 Å². The number of aromatic nitrogens is 4. The first-order valence-electron chi connectivity index (χ1n) is 4.70. The Morgan fingerprint density at radius 1 is 1.31 bits per heavy atom. The predicted molar refractivity (Wildman–Crippen MR) is 58.6 cm³/mol. The highest BCUT2D eigenvalue weighted by atomic mass is 16.5. The highest BCUT2D eigenvalue weighted by Gasteiger charge is 2.04. The monoisotopic (exact) mass is 217 g/mol. The van der Waals surface area contributed by atoms with E-state index in [-0.39, 0.29) is 0 Å². The van der Waals surface area contributed by atoms with Crippen molar-refractivity contribution in [3.8, 4) is 5.75 Å². The molecule has 0 fully saturated rings. The zero-order valence-electron chi connectivity index (χ0n) is 9.01. The van der Waals surface area contributed by atoms with Gasteiger partial charge in [-0.2, -0.15) is 0 Å². The van der Waals surface area contributed by atoms with E-state index in [0.717, 1.165) is 0 Å². The lowest BCUT2D eigenvalue weighted by Crippen LogP contribution is -2.00. The van der Waals surface area contributed by atoms with Crippen molar-refractivity contribution in [3.05, 3.63) is 30.6 Å². The molecule has 0 atom stereocenters. The molecule has 0 aromatic carbocycles. The van der Waals surface area contributed by atoms with Crippen molar-refractivity contribution in [2.45, 2.75) is 6.92 Å². The van der Waals surface area contributed by atoms with Crippen LogP contribution in [0.5, 0.6) is 5.75 Å². The number of ether oxygens (including phenoxy) is 1. The van der Waals surface area contributed by atoms with E-state index in [1.807, 2.05) is 6.92 Å². The second-order valence-electron chi connectivity index (χ2n) is 3.05. The minimum Gasteiger partial charge on any atom is -0.491 e. The smallest absolute Gasteiger partial charge is 0.179 e. The number of hydrogen-bond acceptors (Lipinski definition) is 6. The van der Waals surface area contributed by atoms with Crippen molar-refractivity contribution >= 4 is 11.6 Å². The van der Waals surface area contributed by atoms with Gasteiger partial charge in [0.25, 0.3) is 0 Å². The van der Waals surface area contributed by atoms with Crippen molar-refractivity contribution in [2.24, 2.45) is 0 Å². The number of aryl methyl sites for hydroxylation is 1. The Morgan fingerprint density at radius 3 is 2.94 bits per heavy atom. The highest BCUT2D eigenvalue weighted by Crippen LogP contribution is 2.21. The molecule has 0 amide bonds. The molecule has 0 aliphatic heterocycles. The van der Waals surface area contributed by atoms with Crippen LogP contribution in [0.4, 0.5) is 11.6 Å². The summed E-state index contributed by atoms with van der Waals surface area (Å²) in [6, 6.07) is 1.76. The zero-order valence-corrected chi connectivity index (χ0v) is 9.01. The summed E-state index contributed by atoms with van der Waals surface area (Å²) in [5, 5.41) is 3.04. The minimum absolute atomic E-state index is 0.568. The van der Waals surface area contributed by atoms with Crippen molar-refractivity contribution in [2.75, 3.05) is 12.4 Å². The standard InChI is InChI=1S/C10H11N5O/c1-7-12-4-3-9(14-7)15-10-8(16-2)5-11-6-13-10/h3-6H,1-2H3,(H,11,12,13,14,15). The summed E-state index contributed by atoms with van der Waals surface area (Å²) < 4.78 is 5.12. The summed E-state index contributed by atoms with van der Waals surface area (Å²) >= 11 is 0. The first-order chi connectivity index (χ1) is 7.79. The van der Waals surface area contributed by atoms with Gasteiger partial charge in [0, 0.05) is 6.20 Å². The van der Waals surface area contributed by atoms with E-state index < -0.39 is 0 Å². The van der Waals surface area contributed by atoms with Crippen molar-refractivity contribution in [1.29, 1.82) is 0 Å². The Labute approximate surface area is 92.8 Å². The van der Waals surface area contributed by atoms with Crippen LogP contribution in [-0.4, -0.2) is 27.0 Å². The number of hydrogen-bond donors (Lipinski definition) is 1. The van der Waals surface area contributed by atoms with Gasteiger partial charge in [-0.25, -0.2) is 19.9 Å². The largest absolute Gasteiger partial charge is 0.491 e. The van der Waals surface area contributed by atoms with Gasteiger partial charge >= 0.3 is 0 Å². The predicted octanol–water partition coefficient (Wildman–Crippen LogP) is 1.33. The second-order valence-corrected chi connectivity index (χ2v) is 3.05. The van der Waals surface area contributed by atoms with Gasteiger partial charge in [0.15, 0.2) is 11.6 Å². The molecule has 2 rings (SSSR count). The number of nitrogens with one attached hydrogen (secondary N) is 1. The van der Waals surface area contributed by atoms with Gasteiger partial charge in [-0.05, 0) is 13.0 Å². The minimum atomic E-state index is 0.568. The van der Waals surface area contributed by atoms with Gasteiger partial charge in [0.05, 0.1) is 13.3 Å². The van der Waals surface area contributed by atoms with Crippen LogP contribution in [-0.2, 0) is 0 Å². The summed E-state index contributed by atoms with van der Waals surface area (Å²) in [6.45, 7) is 1.82. The van der Waals surface area contributed by atoms with Crippen LogP contribution in [0.25, 0.3) is 0 Å². The van der Waals surface area contributed by atoms with Crippen molar-refractivity contribution in [3.63, 3.8) is 0 Å². The maximum atomic E-state index is 5.12. The topological polar surface area (TPSA) is 72.8 Å². The molecule has 6 heteroatoms. The third kappa shape index (κ3) is 2.22. The number of rotatable bonds is 3. The van der Waals surface area contributed by atoms with Crippen LogP contribution >= 0.6 is 0 Å². The molecule has 2 aromatic rings. The third-order valence-corrected chi connectivity index (χ3v) is 1.92. The Bertz CT molecular complexity index is 488. The molecule has 0 spiro atoms. The van der Waals surface area contributed by atoms with E-state index in [0.29, 0.717) is 23.2 Å². The lowest BCUT2D eigenvalue weighted by atomic mass is 10.5. The maximum absolute atomic E-state index is 5.12. The molecule has 0 unspecified atom stereocenters. The number of anilines is 2. The molecule has 0 saturated carbocycles. The Balaban J connectivity index is 2.26. The van der Waals surface area contributed by atoms with E-state index in [1.165, 1.54) is 6.33 Å². The average molecular weight is 217 g/mol. The Morgan fingerprint density at radius 2 is 2.19 bits per heavy atom. The summed E-state index contributed by atoms with van der Waals surface area (Å²) in [7, 11) is 1.56. The van der Waals surface area contributed by atoms with Crippen LogP contribution in [0, 0.1) is 6.92 Å². The molecular weight excluding hydrogens is 206 g/mol. The van der Waals surface area contributed by atoms with E-state index in [4.69, 9.17) is 4.74 Å². The SMILES string of the molecule is COc1cncnc1Nc1ccnc(C)n1. The van der Waals surface area contributed by atoms with Crippen molar-refractivity contribution in [1.82, 2.24) is 19.9 Å². The second kappa shape index (κ2) is 4.52. The molecule has 6 nitrogen and oxygen atoms in total. The Kier molecular flexibility index (Phi) is 2.90. The summed E-state index contributed by atoms with van der Waals surface area (Å²) in [6.07, 6.45) is 4.71.